The third kappa shape index (κ3) is 3.24. The maximum atomic E-state index is 11.2. The number of carbonyl (C=O) groups excluding carboxylic acids is 1. The van der Waals surface area contributed by atoms with Gasteiger partial charge < -0.3 is 14.3 Å². The first-order valence-corrected chi connectivity index (χ1v) is 5.93. The predicted octanol–water partition coefficient (Wildman–Crippen LogP) is 1.98. The summed E-state index contributed by atoms with van der Waals surface area (Å²) in [5.74, 6) is -1.61. The lowest BCUT2D eigenvalue weighted by atomic mass is 10.3. The second-order valence-corrected chi connectivity index (χ2v) is 4.21. The summed E-state index contributed by atoms with van der Waals surface area (Å²) in [4.78, 5) is 28.6. The largest absolute Gasteiger partial charge is 0.481 e. The van der Waals surface area contributed by atoms with Gasteiger partial charge in [0.05, 0.1) is 23.9 Å². The average molecular weight is 266 g/mol. The van der Waals surface area contributed by atoms with Gasteiger partial charge in [-0.2, -0.15) is 0 Å². The molecule has 6 nitrogen and oxygen atoms in total. The van der Waals surface area contributed by atoms with Gasteiger partial charge in [0.2, 0.25) is 5.16 Å². The predicted molar refractivity (Wildman–Crippen MR) is 64.9 cm³/mol. The van der Waals surface area contributed by atoms with Crippen molar-refractivity contribution in [3.63, 3.8) is 0 Å². The van der Waals surface area contributed by atoms with E-state index in [9.17, 15) is 9.59 Å². The number of nitrogens with one attached hydrogen (secondary N) is 1. The number of fused-ring (bicyclic) bond motifs is 1. The van der Waals surface area contributed by atoms with Gasteiger partial charge in [0, 0.05) is 0 Å². The quantitative estimate of drug-likeness (QED) is 0.804. The monoisotopic (exact) mass is 266 g/mol. The van der Waals surface area contributed by atoms with Crippen molar-refractivity contribution in [3.05, 3.63) is 24.3 Å². The second-order valence-electron chi connectivity index (χ2n) is 3.49. The molecular formula is C11H10N2O4S. The van der Waals surface area contributed by atoms with Crippen molar-refractivity contribution in [1.82, 2.24) is 9.97 Å². The molecule has 0 saturated carbocycles. The van der Waals surface area contributed by atoms with Crippen molar-refractivity contribution in [2.24, 2.45) is 0 Å². The van der Waals surface area contributed by atoms with Crippen molar-refractivity contribution < 1.29 is 18.9 Å². The first-order chi connectivity index (χ1) is 8.65. The van der Waals surface area contributed by atoms with Crippen LogP contribution in [0.2, 0.25) is 0 Å². The lowest BCUT2D eigenvalue weighted by molar-refractivity contribution is -0.141. The minimum absolute atomic E-state index is 0.150. The molecule has 1 heterocycles. The number of aromatic amines is 1. The smallest absolute Gasteiger partial charge is 0.318 e. The van der Waals surface area contributed by atoms with Gasteiger partial charge in [0.15, 0.2) is 0 Å². The molecule has 1 aromatic carbocycles. The topological polar surface area (TPSA) is 92.3 Å². The average Bonchev–Trinajstić information content (AvgIpc) is 2.76. The highest BCUT2D eigenvalue weighted by Gasteiger charge is 2.10. The molecule has 2 N–H and O–H groups in total. The molecule has 0 saturated heterocycles. The number of hydrogen-bond acceptors (Lipinski definition) is 5. The van der Waals surface area contributed by atoms with Crippen molar-refractivity contribution in [3.8, 4) is 0 Å². The SMILES string of the molecule is O=C(O)CCC(=O)OSc1nc2ccccc2[nH]1. The van der Waals surface area contributed by atoms with Crippen LogP contribution in [0.5, 0.6) is 0 Å². The first-order valence-electron chi connectivity index (χ1n) is 5.19. The Labute approximate surface area is 107 Å². The number of benzene rings is 1. The number of para-hydroxylation sites is 2. The molecule has 7 heteroatoms. The van der Waals surface area contributed by atoms with Gasteiger partial charge in [-0.3, -0.25) is 9.59 Å². The van der Waals surface area contributed by atoms with E-state index >= 15 is 0 Å². The van der Waals surface area contributed by atoms with Gasteiger partial charge in [-0.15, -0.1) is 0 Å². The maximum absolute atomic E-state index is 11.2. The summed E-state index contributed by atoms with van der Waals surface area (Å²) in [5.41, 5.74) is 1.63. The number of H-pyrrole nitrogens is 1. The van der Waals surface area contributed by atoms with Crippen LogP contribution in [0.3, 0.4) is 0 Å². The number of imidazole rings is 1. The Morgan fingerprint density at radius 3 is 2.83 bits per heavy atom. The number of rotatable bonds is 5. The zero-order valence-corrected chi connectivity index (χ0v) is 10.1. The van der Waals surface area contributed by atoms with Gasteiger partial charge in [0.1, 0.15) is 12.0 Å². The molecule has 0 radical (unpaired) electrons. The second kappa shape index (κ2) is 5.54. The molecule has 0 aliphatic rings. The zero-order chi connectivity index (χ0) is 13.0. The van der Waals surface area contributed by atoms with E-state index in [0.29, 0.717) is 5.16 Å². The first kappa shape index (κ1) is 12.4. The molecule has 0 unspecified atom stereocenters. The van der Waals surface area contributed by atoms with Crippen LogP contribution >= 0.6 is 12.0 Å². The maximum Gasteiger partial charge on any atom is 0.318 e. The van der Waals surface area contributed by atoms with Crippen LogP contribution in [0.1, 0.15) is 12.8 Å². The third-order valence-electron chi connectivity index (χ3n) is 2.12. The Morgan fingerprint density at radius 1 is 1.33 bits per heavy atom. The number of carbonyl (C=O) groups is 2. The Balaban J connectivity index is 1.90. The van der Waals surface area contributed by atoms with Gasteiger partial charge >= 0.3 is 11.9 Å². The molecule has 2 aromatic rings. The van der Waals surface area contributed by atoms with Crippen LogP contribution < -0.4 is 0 Å². The van der Waals surface area contributed by atoms with Crippen LogP contribution in [0, 0.1) is 0 Å². The van der Waals surface area contributed by atoms with Crippen molar-refractivity contribution in [2.75, 3.05) is 0 Å². The number of nitrogens with zero attached hydrogens (tertiary/aromatic N) is 1. The minimum atomic E-state index is -1.03. The molecule has 0 amide bonds. The molecule has 0 bridgehead atoms. The Bertz CT molecular complexity index is 548. The molecule has 2 rings (SSSR count). The summed E-state index contributed by atoms with van der Waals surface area (Å²) in [6, 6.07) is 7.42. The molecule has 0 atom stereocenters. The molecule has 0 aliphatic heterocycles. The summed E-state index contributed by atoms with van der Waals surface area (Å²) in [6.45, 7) is 0. The Kier molecular flexibility index (Phi) is 3.83. The van der Waals surface area contributed by atoms with Gasteiger partial charge in [-0.25, -0.2) is 4.98 Å². The molecule has 0 aliphatic carbocycles. The Morgan fingerprint density at radius 2 is 2.11 bits per heavy atom. The number of carboxylic acid groups (broad SMARTS) is 1. The van der Waals surface area contributed by atoms with E-state index in [1.807, 2.05) is 24.3 Å². The minimum Gasteiger partial charge on any atom is -0.481 e. The van der Waals surface area contributed by atoms with E-state index in [1.165, 1.54) is 0 Å². The fourth-order valence-corrected chi connectivity index (χ4v) is 1.85. The van der Waals surface area contributed by atoms with E-state index < -0.39 is 11.9 Å². The fraction of sp³-hybridized carbons (Fsp3) is 0.182. The van der Waals surface area contributed by atoms with E-state index in [4.69, 9.17) is 9.29 Å². The molecule has 0 fully saturated rings. The summed E-state index contributed by atoms with van der Waals surface area (Å²) >= 11 is 0.797. The number of hydrogen-bond donors (Lipinski definition) is 2. The standard InChI is InChI=1S/C11H10N2O4S/c14-9(15)5-6-10(16)17-18-11-12-7-3-1-2-4-8(7)13-11/h1-4H,5-6H2,(H,12,13)(H,14,15). The van der Waals surface area contributed by atoms with Crippen LogP contribution in [-0.2, 0) is 13.8 Å². The molecule has 94 valence electrons. The van der Waals surface area contributed by atoms with E-state index in [1.54, 1.807) is 0 Å². The van der Waals surface area contributed by atoms with E-state index in [0.717, 1.165) is 23.1 Å². The lowest BCUT2D eigenvalue weighted by Crippen LogP contribution is -2.03. The lowest BCUT2D eigenvalue weighted by Gasteiger charge is -1.98. The van der Waals surface area contributed by atoms with Crippen molar-refractivity contribution >= 4 is 35.0 Å². The number of aliphatic carboxylic acids is 1. The van der Waals surface area contributed by atoms with Gasteiger partial charge in [-0.05, 0) is 12.1 Å². The van der Waals surface area contributed by atoms with Gasteiger partial charge in [-0.1, -0.05) is 12.1 Å². The van der Waals surface area contributed by atoms with Crippen LogP contribution in [0.25, 0.3) is 11.0 Å². The van der Waals surface area contributed by atoms with Crippen LogP contribution in [0.4, 0.5) is 0 Å². The van der Waals surface area contributed by atoms with Crippen LogP contribution in [0.15, 0.2) is 29.4 Å². The highest BCUT2D eigenvalue weighted by molar-refractivity contribution is 7.94. The number of aromatic nitrogens is 2. The normalized spacial score (nSPS) is 10.4. The van der Waals surface area contributed by atoms with E-state index in [-0.39, 0.29) is 12.8 Å². The fourth-order valence-electron chi connectivity index (χ4n) is 1.31. The highest BCUT2D eigenvalue weighted by atomic mass is 32.2. The molecule has 0 spiro atoms. The van der Waals surface area contributed by atoms with Gasteiger partial charge in [0.25, 0.3) is 0 Å². The molecular weight excluding hydrogens is 256 g/mol. The Hall–Kier alpha value is -2.02. The zero-order valence-electron chi connectivity index (χ0n) is 9.25. The summed E-state index contributed by atoms with van der Waals surface area (Å²) in [7, 11) is 0. The molecule has 18 heavy (non-hydrogen) atoms. The van der Waals surface area contributed by atoms with Crippen LogP contribution in [-0.4, -0.2) is 27.0 Å². The third-order valence-corrected chi connectivity index (χ3v) is 2.74. The van der Waals surface area contributed by atoms with Crippen molar-refractivity contribution in [2.45, 2.75) is 18.0 Å². The summed E-state index contributed by atoms with van der Waals surface area (Å²) in [5, 5.41) is 8.87. The highest BCUT2D eigenvalue weighted by Crippen LogP contribution is 2.20. The number of carboxylic acids is 1. The summed E-state index contributed by atoms with van der Waals surface area (Å²) in [6.07, 6.45) is -0.387. The molecule has 1 aromatic heterocycles. The van der Waals surface area contributed by atoms with E-state index in [2.05, 4.69) is 9.97 Å². The van der Waals surface area contributed by atoms with Crippen molar-refractivity contribution in [1.29, 1.82) is 0 Å². The summed E-state index contributed by atoms with van der Waals surface area (Å²) < 4.78 is 4.83.